The maximum absolute atomic E-state index is 13.0. The molecule has 0 radical (unpaired) electrons. The molecule has 1 amide bonds. The molecule has 3 aromatic rings. The van der Waals surface area contributed by atoms with E-state index in [4.69, 9.17) is 11.6 Å². The lowest BCUT2D eigenvalue weighted by atomic mass is 10.1. The van der Waals surface area contributed by atoms with E-state index in [0.29, 0.717) is 16.5 Å². The molecule has 5 heteroatoms. The van der Waals surface area contributed by atoms with Crippen molar-refractivity contribution in [3.63, 3.8) is 0 Å². The molecule has 4 nitrogen and oxygen atoms in total. The van der Waals surface area contributed by atoms with E-state index >= 15 is 0 Å². The normalized spacial score (nSPS) is 13.6. The van der Waals surface area contributed by atoms with Crippen molar-refractivity contribution < 1.29 is 4.79 Å². The Morgan fingerprint density at radius 2 is 1.89 bits per heavy atom. The van der Waals surface area contributed by atoms with Crippen LogP contribution >= 0.6 is 11.6 Å². The van der Waals surface area contributed by atoms with Crippen molar-refractivity contribution in [2.24, 2.45) is 0 Å². The van der Waals surface area contributed by atoms with Crippen LogP contribution in [0, 0.1) is 20.8 Å². The van der Waals surface area contributed by atoms with E-state index in [1.165, 1.54) is 5.56 Å². The first kappa shape index (κ1) is 17.8. The average molecular weight is 380 g/mol. The van der Waals surface area contributed by atoms with Gasteiger partial charge in [-0.1, -0.05) is 35.4 Å². The summed E-state index contributed by atoms with van der Waals surface area (Å²) in [5.74, 6) is 0.251. The minimum absolute atomic E-state index is 0.117. The number of nitrogens with one attached hydrogen (secondary N) is 1. The van der Waals surface area contributed by atoms with E-state index in [9.17, 15) is 4.79 Å². The molecule has 1 aliphatic carbocycles. The Balaban J connectivity index is 1.70. The molecule has 1 aromatic heterocycles. The van der Waals surface area contributed by atoms with Gasteiger partial charge in [0, 0.05) is 16.6 Å². The Bertz CT molecular complexity index is 1030. The van der Waals surface area contributed by atoms with Crippen molar-refractivity contribution in [3.8, 4) is 5.69 Å². The summed E-state index contributed by atoms with van der Waals surface area (Å²) in [6.45, 7) is 6.02. The maximum atomic E-state index is 13.0. The minimum Gasteiger partial charge on any atom is -0.322 e. The smallest absolute Gasteiger partial charge is 0.259 e. The summed E-state index contributed by atoms with van der Waals surface area (Å²) in [4.78, 5) is 13.0. The first-order valence-electron chi connectivity index (χ1n) is 9.17. The number of aryl methyl sites for hydroxylation is 3. The fraction of sp³-hybridized carbons (Fsp3) is 0.273. The van der Waals surface area contributed by atoms with Gasteiger partial charge in [0.1, 0.15) is 0 Å². The van der Waals surface area contributed by atoms with Crippen LogP contribution in [0.4, 0.5) is 5.69 Å². The number of halogens is 1. The number of rotatable bonds is 4. The lowest BCUT2D eigenvalue weighted by molar-refractivity contribution is 0.102. The Labute approximate surface area is 164 Å². The van der Waals surface area contributed by atoms with E-state index in [2.05, 4.69) is 16.5 Å². The van der Waals surface area contributed by atoms with Gasteiger partial charge in [-0.25, -0.2) is 4.68 Å². The minimum atomic E-state index is -0.117. The highest BCUT2D eigenvalue weighted by atomic mass is 35.5. The van der Waals surface area contributed by atoms with Gasteiger partial charge in [0.2, 0.25) is 0 Å². The third kappa shape index (κ3) is 3.50. The molecule has 0 spiro atoms. The zero-order valence-corrected chi connectivity index (χ0v) is 16.5. The molecule has 1 saturated carbocycles. The SMILES string of the molecule is Cc1ccc(NC(=O)c2cnn(-c3ccc(C)c(Cl)c3)c2C2CC2)c(C)c1. The van der Waals surface area contributed by atoms with Crippen molar-refractivity contribution in [3.05, 3.63) is 75.6 Å². The number of hydrogen-bond donors (Lipinski definition) is 1. The van der Waals surface area contributed by atoms with Gasteiger partial charge < -0.3 is 5.32 Å². The van der Waals surface area contributed by atoms with Crippen LogP contribution in [0.3, 0.4) is 0 Å². The largest absolute Gasteiger partial charge is 0.322 e. The molecule has 0 bridgehead atoms. The second-order valence-electron chi connectivity index (χ2n) is 7.34. The predicted molar refractivity (Wildman–Crippen MR) is 109 cm³/mol. The van der Waals surface area contributed by atoms with Crippen LogP contribution in [0.5, 0.6) is 0 Å². The zero-order valence-electron chi connectivity index (χ0n) is 15.7. The summed E-state index contributed by atoms with van der Waals surface area (Å²) in [5.41, 5.74) is 6.57. The first-order chi connectivity index (χ1) is 12.9. The Kier molecular flexibility index (Phi) is 4.52. The number of carbonyl (C=O) groups excluding carboxylic acids is 1. The van der Waals surface area contributed by atoms with Crippen molar-refractivity contribution in [1.82, 2.24) is 9.78 Å². The molecule has 138 valence electrons. The number of nitrogens with zero attached hydrogens (tertiary/aromatic N) is 2. The van der Waals surface area contributed by atoms with Crippen molar-refractivity contribution in [1.29, 1.82) is 0 Å². The van der Waals surface area contributed by atoms with Crippen molar-refractivity contribution in [2.45, 2.75) is 39.5 Å². The Morgan fingerprint density at radius 1 is 1.11 bits per heavy atom. The second-order valence-corrected chi connectivity index (χ2v) is 7.74. The number of amides is 1. The van der Waals surface area contributed by atoms with Gasteiger partial charge in [-0.3, -0.25) is 4.79 Å². The third-order valence-corrected chi connectivity index (χ3v) is 5.45. The monoisotopic (exact) mass is 379 g/mol. The maximum Gasteiger partial charge on any atom is 0.259 e. The van der Waals surface area contributed by atoms with E-state index < -0.39 is 0 Å². The molecule has 0 atom stereocenters. The fourth-order valence-corrected chi connectivity index (χ4v) is 3.52. The molecule has 4 rings (SSSR count). The summed E-state index contributed by atoms with van der Waals surface area (Å²) in [7, 11) is 0. The van der Waals surface area contributed by atoms with E-state index in [0.717, 1.165) is 41.0 Å². The fourth-order valence-electron chi connectivity index (χ4n) is 3.35. The van der Waals surface area contributed by atoms with Crippen molar-refractivity contribution in [2.75, 3.05) is 5.32 Å². The molecule has 2 aromatic carbocycles. The Hall–Kier alpha value is -2.59. The average Bonchev–Trinajstić information content (AvgIpc) is 3.37. The first-order valence-corrected chi connectivity index (χ1v) is 9.55. The number of carbonyl (C=O) groups is 1. The highest BCUT2D eigenvalue weighted by molar-refractivity contribution is 6.31. The van der Waals surface area contributed by atoms with Crippen LogP contribution in [-0.4, -0.2) is 15.7 Å². The van der Waals surface area contributed by atoms with Crippen LogP contribution in [0.1, 0.15) is 51.5 Å². The van der Waals surface area contributed by atoms with E-state index in [-0.39, 0.29) is 5.91 Å². The van der Waals surface area contributed by atoms with Gasteiger partial charge in [-0.2, -0.15) is 5.10 Å². The van der Waals surface area contributed by atoms with Crippen LogP contribution in [0.25, 0.3) is 5.69 Å². The van der Waals surface area contributed by atoms with Gasteiger partial charge in [0.05, 0.1) is 23.1 Å². The lowest BCUT2D eigenvalue weighted by Gasteiger charge is -2.12. The van der Waals surface area contributed by atoms with Gasteiger partial charge >= 0.3 is 0 Å². The molecule has 1 heterocycles. The predicted octanol–water partition coefficient (Wildman–Crippen LogP) is 5.58. The molecule has 1 aliphatic rings. The van der Waals surface area contributed by atoms with Crippen LogP contribution in [-0.2, 0) is 0 Å². The lowest BCUT2D eigenvalue weighted by Crippen LogP contribution is -2.15. The van der Waals surface area contributed by atoms with Crippen molar-refractivity contribution >= 4 is 23.2 Å². The Morgan fingerprint density at radius 3 is 2.56 bits per heavy atom. The molecule has 0 aliphatic heterocycles. The topological polar surface area (TPSA) is 46.9 Å². The molecular weight excluding hydrogens is 358 g/mol. The number of hydrogen-bond acceptors (Lipinski definition) is 2. The summed E-state index contributed by atoms with van der Waals surface area (Å²) in [6.07, 6.45) is 3.82. The zero-order chi connectivity index (χ0) is 19.1. The van der Waals surface area contributed by atoms with Gasteiger partial charge in [0.15, 0.2) is 0 Å². The molecular formula is C22H22ClN3O. The number of anilines is 1. The molecule has 1 N–H and O–H groups in total. The summed E-state index contributed by atoms with van der Waals surface area (Å²) >= 11 is 6.30. The van der Waals surface area contributed by atoms with Crippen LogP contribution < -0.4 is 5.32 Å². The van der Waals surface area contributed by atoms with Crippen LogP contribution in [0.2, 0.25) is 5.02 Å². The summed E-state index contributed by atoms with van der Waals surface area (Å²) < 4.78 is 1.86. The van der Waals surface area contributed by atoms with Gasteiger partial charge in [-0.05, 0) is 62.9 Å². The quantitative estimate of drug-likeness (QED) is 0.643. The number of benzene rings is 2. The molecule has 0 saturated heterocycles. The highest BCUT2D eigenvalue weighted by Crippen LogP contribution is 2.42. The number of aromatic nitrogens is 2. The summed E-state index contributed by atoms with van der Waals surface area (Å²) in [6, 6.07) is 11.9. The second kappa shape index (κ2) is 6.86. The van der Waals surface area contributed by atoms with Gasteiger partial charge in [-0.15, -0.1) is 0 Å². The standard InChI is InChI=1S/C22H22ClN3O/c1-13-4-9-20(15(3)10-13)25-22(27)18-12-24-26(21(18)16-6-7-16)17-8-5-14(2)19(23)11-17/h4-5,8-12,16H,6-7H2,1-3H3,(H,25,27). The van der Waals surface area contributed by atoms with Crippen LogP contribution in [0.15, 0.2) is 42.6 Å². The molecule has 27 heavy (non-hydrogen) atoms. The summed E-state index contributed by atoms with van der Waals surface area (Å²) in [5, 5.41) is 8.26. The van der Waals surface area contributed by atoms with Gasteiger partial charge in [0.25, 0.3) is 5.91 Å². The van der Waals surface area contributed by atoms with E-state index in [1.54, 1.807) is 6.20 Å². The van der Waals surface area contributed by atoms with E-state index in [1.807, 2.05) is 55.8 Å². The molecule has 0 unspecified atom stereocenters. The molecule has 1 fully saturated rings. The third-order valence-electron chi connectivity index (χ3n) is 5.05. The highest BCUT2D eigenvalue weighted by Gasteiger charge is 2.33.